The maximum absolute atomic E-state index is 13.1. The highest BCUT2D eigenvalue weighted by atomic mass is 32.2. The first-order chi connectivity index (χ1) is 16.3. The number of anilines is 1. The van der Waals surface area contributed by atoms with Crippen molar-refractivity contribution in [1.82, 2.24) is 14.7 Å². The van der Waals surface area contributed by atoms with Crippen molar-refractivity contribution in [1.29, 1.82) is 0 Å². The van der Waals surface area contributed by atoms with Crippen LogP contribution >= 0.6 is 0 Å². The van der Waals surface area contributed by atoms with Crippen LogP contribution in [-0.4, -0.2) is 55.2 Å². The summed E-state index contributed by atoms with van der Waals surface area (Å²) in [7, 11) is -3.92. The SMILES string of the molecule is CC(C)c1ccc(S(=O)(=O)c2ccc(=O)n(CC(=O)N3CCN(c4ccccc4)CC3)n2)cc1. The molecule has 0 radical (unpaired) electrons. The molecular formula is C25H28N4O4S. The second kappa shape index (κ2) is 9.80. The van der Waals surface area contributed by atoms with Gasteiger partial charge in [-0.2, -0.15) is 5.10 Å². The molecule has 1 fully saturated rings. The van der Waals surface area contributed by atoms with Gasteiger partial charge in [0.25, 0.3) is 5.56 Å². The molecule has 0 spiro atoms. The van der Waals surface area contributed by atoms with Crippen LogP contribution in [0.1, 0.15) is 25.3 Å². The standard InChI is InChI=1S/C25H28N4O4S/c1-19(2)20-8-10-22(11-9-20)34(32,33)23-12-13-24(30)29(26-23)18-25(31)28-16-14-27(15-17-28)21-6-4-3-5-7-21/h3-13,19H,14-18H2,1-2H3. The van der Waals surface area contributed by atoms with Crippen molar-refractivity contribution in [2.24, 2.45) is 0 Å². The smallest absolute Gasteiger partial charge is 0.267 e. The van der Waals surface area contributed by atoms with Gasteiger partial charge >= 0.3 is 0 Å². The van der Waals surface area contributed by atoms with Gasteiger partial charge < -0.3 is 9.80 Å². The lowest BCUT2D eigenvalue weighted by Crippen LogP contribution is -2.50. The van der Waals surface area contributed by atoms with Crippen LogP contribution in [0.2, 0.25) is 0 Å². The van der Waals surface area contributed by atoms with Gasteiger partial charge in [-0.05, 0) is 41.8 Å². The molecule has 0 N–H and O–H groups in total. The number of hydrogen-bond donors (Lipinski definition) is 0. The average molecular weight is 481 g/mol. The summed E-state index contributed by atoms with van der Waals surface area (Å²) in [5, 5.41) is 3.78. The topological polar surface area (TPSA) is 92.6 Å². The third-order valence-corrected chi connectivity index (χ3v) is 7.67. The second-order valence-corrected chi connectivity index (χ2v) is 10.5. The fourth-order valence-corrected chi connectivity index (χ4v) is 5.11. The van der Waals surface area contributed by atoms with Gasteiger partial charge in [-0.3, -0.25) is 9.59 Å². The lowest BCUT2D eigenvalue weighted by atomic mass is 10.0. The van der Waals surface area contributed by atoms with Gasteiger partial charge in [0.1, 0.15) is 6.54 Å². The molecule has 1 aliphatic heterocycles. The Bertz CT molecular complexity index is 1310. The van der Waals surface area contributed by atoms with Crippen molar-refractivity contribution in [2.45, 2.75) is 36.2 Å². The van der Waals surface area contributed by atoms with E-state index in [1.807, 2.05) is 44.2 Å². The first-order valence-electron chi connectivity index (χ1n) is 11.3. The highest BCUT2D eigenvalue weighted by Crippen LogP contribution is 2.22. The zero-order valence-electron chi connectivity index (χ0n) is 19.3. The quantitative estimate of drug-likeness (QED) is 0.538. The van der Waals surface area contributed by atoms with Gasteiger partial charge in [0.2, 0.25) is 15.7 Å². The van der Waals surface area contributed by atoms with E-state index in [9.17, 15) is 18.0 Å². The number of aromatic nitrogens is 2. The van der Waals surface area contributed by atoms with Crippen LogP contribution in [0.15, 0.2) is 81.4 Å². The number of para-hydroxylation sites is 1. The molecule has 9 heteroatoms. The van der Waals surface area contributed by atoms with E-state index >= 15 is 0 Å². The molecule has 1 saturated heterocycles. The minimum absolute atomic E-state index is 0.0953. The normalized spacial score (nSPS) is 14.4. The van der Waals surface area contributed by atoms with Crippen LogP contribution in [0.5, 0.6) is 0 Å². The van der Waals surface area contributed by atoms with Gasteiger partial charge in [0.15, 0.2) is 5.03 Å². The Morgan fingerprint density at radius 3 is 2.18 bits per heavy atom. The number of carbonyl (C=O) groups is 1. The average Bonchev–Trinajstić information content (AvgIpc) is 2.86. The molecule has 0 atom stereocenters. The van der Waals surface area contributed by atoms with E-state index < -0.39 is 15.4 Å². The number of carbonyl (C=O) groups excluding carboxylic acids is 1. The molecule has 1 amide bonds. The first kappa shape index (κ1) is 23.7. The van der Waals surface area contributed by atoms with E-state index in [-0.39, 0.29) is 28.3 Å². The lowest BCUT2D eigenvalue weighted by Gasteiger charge is -2.36. The summed E-state index contributed by atoms with van der Waals surface area (Å²) in [4.78, 5) is 29.2. The Hall–Kier alpha value is -3.46. The number of nitrogens with zero attached hydrogens (tertiary/aromatic N) is 4. The fourth-order valence-electron chi connectivity index (χ4n) is 3.92. The maximum atomic E-state index is 13.1. The Kier molecular flexibility index (Phi) is 6.83. The molecule has 1 aromatic heterocycles. The maximum Gasteiger partial charge on any atom is 0.267 e. The number of amides is 1. The van der Waals surface area contributed by atoms with Gasteiger partial charge in [-0.1, -0.05) is 44.2 Å². The fraction of sp³-hybridized carbons (Fsp3) is 0.320. The summed E-state index contributed by atoms with van der Waals surface area (Å²) >= 11 is 0. The molecule has 34 heavy (non-hydrogen) atoms. The van der Waals surface area contributed by atoms with Crippen LogP contribution in [0, 0.1) is 0 Å². The highest BCUT2D eigenvalue weighted by molar-refractivity contribution is 7.91. The molecule has 1 aliphatic rings. The van der Waals surface area contributed by atoms with E-state index in [1.165, 1.54) is 6.07 Å². The number of rotatable bonds is 6. The van der Waals surface area contributed by atoms with E-state index in [2.05, 4.69) is 10.00 Å². The molecule has 178 valence electrons. The number of sulfone groups is 1. The first-order valence-corrected chi connectivity index (χ1v) is 12.7. The van der Waals surface area contributed by atoms with Crippen LogP contribution in [-0.2, 0) is 21.2 Å². The largest absolute Gasteiger partial charge is 0.368 e. The minimum atomic E-state index is -3.92. The molecule has 0 saturated carbocycles. The lowest BCUT2D eigenvalue weighted by molar-refractivity contribution is -0.132. The number of piperazine rings is 1. The van der Waals surface area contributed by atoms with Gasteiger partial charge in [0.05, 0.1) is 4.90 Å². The van der Waals surface area contributed by atoms with E-state index in [4.69, 9.17) is 0 Å². The van der Waals surface area contributed by atoms with Crippen molar-refractivity contribution in [3.8, 4) is 0 Å². The Morgan fingerprint density at radius 1 is 0.912 bits per heavy atom. The van der Waals surface area contributed by atoms with Crippen molar-refractivity contribution < 1.29 is 13.2 Å². The third kappa shape index (κ3) is 5.04. The van der Waals surface area contributed by atoms with Crippen molar-refractivity contribution in [3.63, 3.8) is 0 Å². The van der Waals surface area contributed by atoms with Crippen LogP contribution in [0.25, 0.3) is 0 Å². The zero-order valence-corrected chi connectivity index (χ0v) is 20.1. The summed E-state index contributed by atoms with van der Waals surface area (Å²) in [6.07, 6.45) is 0. The van der Waals surface area contributed by atoms with E-state index in [0.29, 0.717) is 26.2 Å². The van der Waals surface area contributed by atoms with Crippen LogP contribution in [0.3, 0.4) is 0 Å². The molecule has 2 heterocycles. The minimum Gasteiger partial charge on any atom is -0.368 e. The number of benzene rings is 2. The van der Waals surface area contributed by atoms with Gasteiger partial charge in [-0.25, -0.2) is 13.1 Å². The summed E-state index contributed by atoms with van der Waals surface area (Å²) in [5.41, 5.74) is 1.60. The monoisotopic (exact) mass is 480 g/mol. The zero-order chi connectivity index (χ0) is 24.3. The summed E-state index contributed by atoms with van der Waals surface area (Å²) in [6, 6.07) is 18.9. The molecule has 0 unspecified atom stereocenters. The summed E-state index contributed by atoms with van der Waals surface area (Å²) in [5.74, 6) is 0.00972. The summed E-state index contributed by atoms with van der Waals surface area (Å²) in [6.45, 7) is 6.14. The Balaban J connectivity index is 1.47. The Morgan fingerprint density at radius 2 is 1.56 bits per heavy atom. The molecular weight excluding hydrogens is 452 g/mol. The molecule has 0 aliphatic carbocycles. The van der Waals surface area contributed by atoms with Crippen molar-refractivity contribution in [3.05, 3.63) is 82.6 Å². The second-order valence-electron chi connectivity index (χ2n) is 8.60. The highest BCUT2D eigenvalue weighted by Gasteiger charge is 2.24. The molecule has 0 bridgehead atoms. The van der Waals surface area contributed by atoms with Crippen molar-refractivity contribution in [2.75, 3.05) is 31.1 Å². The number of hydrogen-bond acceptors (Lipinski definition) is 6. The van der Waals surface area contributed by atoms with Crippen LogP contribution in [0.4, 0.5) is 5.69 Å². The molecule has 3 aromatic rings. The molecule has 4 rings (SSSR count). The van der Waals surface area contributed by atoms with E-state index in [1.54, 1.807) is 29.2 Å². The molecule has 2 aromatic carbocycles. The third-order valence-electron chi connectivity index (χ3n) is 6.01. The predicted molar refractivity (Wildman–Crippen MR) is 130 cm³/mol. The van der Waals surface area contributed by atoms with Crippen LogP contribution < -0.4 is 10.5 Å². The Labute approximate surface area is 199 Å². The predicted octanol–water partition coefficient (Wildman–Crippen LogP) is 2.55. The van der Waals surface area contributed by atoms with Gasteiger partial charge in [0, 0.05) is 37.9 Å². The van der Waals surface area contributed by atoms with E-state index in [0.717, 1.165) is 22.0 Å². The van der Waals surface area contributed by atoms with Crippen molar-refractivity contribution >= 4 is 21.4 Å². The molecule has 8 nitrogen and oxygen atoms in total. The van der Waals surface area contributed by atoms with Gasteiger partial charge in [-0.15, -0.1) is 0 Å². The summed E-state index contributed by atoms with van der Waals surface area (Å²) < 4.78 is 27.0.